The van der Waals surface area contributed by atoms with Gasteiger partial charge in [-0.15, -0.1) is 24.0 Å². The third kappa shape index (κ3) is 6.15. The highest BCUT2D eigenvalue weighted by atomic mass is 127. The number of morpholine rings is 1. The summed E-state index contributed by atoms with van der Waals surface area (Å²) in [5.41, 5.74) is 6.82. The molecule has 1 aliphatic rings. The Labute approximate surface area is 155 Å². The van der Waals surface area contributed by atoms with Crippen LogP contribution in [0.25, 0.3) is 0 Å². The highest BCUT2D eigenvalue weighted by Crippen LogP contribution is 2.18. The molecule has 0 bridgehead atoms. The zero-order chi connectivity index (χ0) is 16.0. The smallest absolute Gasteiger partial charge is 0.193 e. The molecule has 1 fully saturated rings. The van der Waals surface area contributed by atoms with Gasteiger partial charge in [-0.1, -0.05) is 6.07 Å². The van der Waals surface area contributed by atoms with E-state index in [1.54, 1.807) is 7.11 Å². The Morgan fingerprint density at radius 3 is 2.74 bits per heavy atom. The Kier molecular flexibility index (Phi) is 8.07. The Hall–Kier alpha value is -1.06. The molecule has 1 aromatic carbocycles. The lowest BCUT2D eigenvalue weighted by Gasteiger charge is -2.39. The molecular formula is C16H27IN4O2. The number of aliphatic imine (C=N–C) groups is 1. The average molecular weight is 434 g/mol. The van der Waals surface area contributed by atoms with Crippen molar-refractivity contribution in [3.63, 3.8) is 0 Å². The summed E-state index contributed by atoms with van der Waals surface area (Å²) in [6.45, 7) is 8.43. The molecule has 0 amide bonds. The van der Waals surface area contributed by atoms with Gasteiger partial charge in [-0.25, -0.2) is 0 Å². The molecular weight excluding hydrogens is 407 g/mol. The molecule has 3 N–H and O–H groups in total. The van der Waals surface area contributed by atoms with Gasteiger partial charge in [0.2, 0.25) is 0 Å². The molecule has 0 aliphatic carbocycles. The molecule has 6 nitrogen and oxygen atoms in total. The van der Waals surface area contributed by atoms with Crippen LogP contribution in [0, 0.1) is 0 Å². The van der Waals surface area contributed by atoms with Gasteiger partial charge in [-0.3, -0.25) is 9.89 Å². The third-order valence-electron chi connectivity index (χ3n) is 3.85. The van der Waals surface area contributed by atoms with Crippen LogP contribution in [0.5, 0.6) is 5.75 Å². The highest BCUT2D eigenvalue weighted by Gasteiger charge is 2.27. The van der Waals surface area contributed by atoms with Crippen LogP contribution in [-0.4, -0.2) is 56.4 Å². The normalized spacial score (nSPS) is 16.6. The number of nitrogens with one attached hydrogen (secondary N) is 1. The van der Waals surface area contributed by atoms with E-state index in [2.05, 4.69) is 29.1 Å². The summed E-state index contributed by atoms with van der Waals surface area (Å²) in [6.07, 6.45) is 0. The summed E-state index contributed by atoms with van der Waals surface area (Å²) in [5.74, 6) is 1.20. The van der Waals surface area contributed by atoms with Crippen LogP contribution in [0.4, 0.5) is 5.69 Å². The summed E-state index contributed by atoms with van der Waals surface area (Å²) in [7, 11) is 1.64. The fraction of sp³-hybridized carbons (Fsp3) is 0.562. The van der Waals surface area contributed by atoms with Crippen molar-refractivity contribution in [2.24, 2.45) is 10.7 Å². The van der Waals surface area contributed by atoms with Crippen molar-refractivity contribution < 1.29 is 9.47 Å². The zero-order valence-corrected chi connectivity index (χ0v) is 16.4. The van der Waals surface area contributed by atoms with Gasteiger partial charge < -0.3 is 20.5 Å². The van der Waals surface area contributed by atoms with Gasteiger partial charge in [0.25, 0.3) is 0 Å². The van der Waals surface area contributed by atoms with Gasteiger partial charge in [0.05, 0.1) is 26.9 Å². The Morgan fingerprint density at radius 1 is 1.39 bits per heavy atom. The molecule has 1 saturated heterocycles. The molecule has 0 atom stereocenters. The fourth-order valence-corrected chi connectivity index (χ4v) is 2.44. The summed E-state index contributed by atoms with van der Waals surface area (Å²) in [4.78, 5) is 6.87. The van der Waals surface area contributed by atoms with Crippen LogP contribution in [0.15, 0.2) is 29.3 Å². The van der Waals surface area contributed by atoms with E-state index in [0.717, 1.165) is 37.7 Å². The largest absolute Gasteiger partial charge is 0.497 e. The minimum atomic E-state index is -0.0372. The zero-order valence-electron chi connectivity index (χ0n) is 14.0. The maximum Gasteiger partial charge on any atom is 0.193 e. The lowest BCUT2D eigenvalue weighted by Crippen LogP contribution is -2.51. The first kappa shape index (κ1) is 20.0. The van der Waals surface area contributed by atoms with E-state index in [9.17, 15) is 0 Å². The number of ether oxygens (including phenoxy) is 2. The van der Waals surface area contributed by atoms with E-state index >= 15 is 0 Å². The molecule has 0 aromatic heterocycles. The summed E-state index contributed by atoms with van der Waals surface area (Å²) in [5, 5.41) is 3.10. The van der Waals surface area contributed by atoms with Crippen molar-refractivity contribution in [2.75, 3.05) is 45.3 Å². The minimum Gasteiger partial charge on any atom is -0.497 e. The van der Waals surface area contributed by atoms with E-state index in [4.69, 9.17) is 15.2 Å². The molecule has 1 aliphatic heterocycles. The van der Waals surface area contributed by atoms with Crippen LogP contribution in [0.3, 0.4) is 0 Å². The highest BCUT2D eigenvalue weighted by molar-refractivity contribution is 14.0. The Bertz CT molecular complexity index is 517. The number of nitrogens with zero attached hydrogens (tertiary/aromatic N) is 2. The predicted octanol–water partition coefficient (Wildman–Crippen LogP) is 2.15. The quantitative estimate of drug-likeness (QED) is 0.422. The predicted molar refractivity (Wildman–Crippen MR) is 105 cm³/mol. The number of hydrogen-bond donors (Lipinski definition) is 2. The number of anilines is 1. The number of rotatable bonds is 5. The number of nitrogens with two attached hydrogens (primary N) is 1. The van der Waals surface area contributed by atoms with Crippen molar-refractivity contribution >= 4 is 35.6 Å². The first-order valence-electron chi connectivity index (χ1n) is 7.55. The van der Waals surface area contributed by atoms with Crippen LogP contribution < -0.4 is 15.8 Å². The number of methoxy groups -OCH3 is 1. The van der Waals surface area contributed by atoms with Gasteiger partial charge in [0.15, 0.2) is 5.96 Å². The van der Waals surface area contributed by atoms with Crippen molar-refractivity contribution in [3.05, 3.63) is 24.3 Å². The van der Waals surface area contributed by atoms with Crippen molar-refractivity contribution in [2.45, 2.75) is 19.4 Å². The second-order valence-corrected chi connectivity index (χ2v) is 5.97. The van der Waals surface area contributed by atoms with Crippen LogP contribution in [-0.2, 0) is 4.74 Å². The van der Waals surface area contributed by atoms with E-state index in [-0.39, 0.29) is 29.5 Å². The topological polar surface area (TPSA) is 72.1 Å². The molecule has 0 radical (unpaired) electrons. The molecule has 0 unspecified atom stereocenters. The van der Waals surface area contributed by atoms with E-state index < -0.39 is 0 Å². The molecule has 1 aromatic rings. The number of hydrogen-bond acceptors (Lipinski definition) is 4. The lowest BCUT2D eigenvalue weighted by molar-refractivity contribution is -0.00680. The fourth-order valence-electron chi connectivity index (χ4n) is 2.44. The van der Waals surface area contributed by atoms with Crippen LogP contribution in [0.2, 0.25) is 0 Å². The van der Waals surface area contributed by atoms with Gasteiger partial charge in [-0.05, 0) is 26.0 Å². The first-order valence-corrected chi connectivity index (χ1v) is 7.55. The molecule has 23 heavy (non-hydrogen) atoms. The Morgan fingerprint density at radius 2 is 2.09 bits per heavy atom. The molecule has 0 saturated carbocycles. The summed E-state index contributed by atoms with van der Waals surface area (Å²) in [6, 6.07) is 7.61. The molecule has 2 rings (SSSR count). The number of benzene rings is 1. The standard InChI is InChI=1S/C16H26N4O2.HI/c1-16(2,20-7-9-22-10-8-20)12-18-15(17)19-13-5-4-6-14(11-13)21-3;/h4-6,11H,7-10,12H2,1-3H3,(H3,17,18,19);1H. The second kappa shape index (κ2) is 9.29. The SMILES string of the molecule is COc1cccc(NC(N)=NCC(C)(C)N2CCOCC2)c1.I. The first-order chi connectivity index (χ1) is 10.5. The average Bonchev–Trinajstić information content (AvgIpc) is 2.54. The van der Waals surface area contributed by atoms with Crippen molar-refractivity contribution in [1.82, 2.24) is 4.90 Å². The van der Waals surface area contributed by atoms with E-state index in [1.807, 2.05) is 24.3 Å². The monoisotopic (exact) mass is 434 g/mol. The second-order valence-electron chi connectivity index (χ2n) is 5.97. The third-order valence-corrected chi connectivity index (χ3v) is 3.85. The van der Waals surface area contributed by atoms with E-state index in [1.165, 1.54) is 0 Å². The number of guanidine groups is 1. The van der Waals surface area contributed by atoms with Gasteiger partial charge in [0.1, 0.15) is 5.75 Å². The van der Waals surface area contributed by atoms with Gasteiger partial charge >= 0.3 is 0 Å². The van der Waals surface area contributed by atoms with Crippen LogP contribution in [0.1, 0.15) is 13.8 Å². The summed E-state index contributed by atoms with van der Waals surface area (Å²) >= 11 is 0. The molecule has 7 heteroatoms. The maximum atomic E-state index is 5.99. The lowest BCUT2D eigenvalue weighted by atomic mass is 10.0. The molecule has 0 spiro atoms. The van der Waals surface area contributed by atoms with Gasteiger partial charge in [-0.2, -0.15) is 0 Å². The van der Waals surface area contributed by atoms with Crippen LogP contribution >= 0.6 is 24.0 Å². The number of halogens is 1. The van der Waals surface area contributed by atoms with Crippen molar-refractivity contribution in [1.29, 1.82) is 0 Å². The minimum absolute atomic E-state index is 0. The van der Waals surface area contributed by atoms with E-state index in [0.29, 0.717) is 12.5 Å². The molecule has 1 heterocycles. The Balaban J connectivity index is 0.00000264. The summed E-state index contributed by atoms with van der Waals surface area (Å²) < 4.78 is 10.6. The molecule has 130 valence electrons. The van der Waals surface area contributed by atoms with Gasteiger partial charge in [0, 0.05) is 30.4 Å². The van der Waals surface area contributed by atoms with Crippen molar-refractivity contribution in [3.8, 4) is 5.75 Å². The maximum absolute atomic E-state index is 5.99.